The minimum atomic E-state index is -0.688. The molecule has 20 heavy (non-hydrogen) atoms. The SMILES string of the molecule is O=C(O)C1(N2CC[C@@H](Oc3cccc(Cl)c3)C2)CCC1. The molecule has 1 aliphatic carbocycles. The number of nitrogens with zero attached hydrogens (tertiary/aromatic N) is 1. The second kappa shape index (κ2) is 5.26. The van der Waals surface area contributed by atoms with Crippen LogP contribution < -0.4 is 4.74 Å². The van der Waals surface area contributed by atoms with Crippen molar-refractivity contribution in [3.05, 3.63) is 29.3 Å². The summed E-state index contributed by atoms with van der Waals surface area (Å²) in [6, 6.07) is 7.34. The van der Waals surface area contributed by atoms with Gasteiger partial charge in [0, 0.05) is 18.1 Å². The number of benzene rings is 1. The molecule has 1 aromatic carbocycles. The van der Waals surface area contributed by atoms with Crippen LogP contribution in [-0.2, 0) is 4.79 Å². The zero-order valence-electron chi connectivity index (χ0n) is 11.2. The van der Waals surface area contributed by atoms with Crippen LogP contribution in [0.5, 0.6) is 5.75 Å². The summed E-state index contributed by atoms with van der Waals surface area (Å²) >= 11 is 5.94. The maximum atomic E-state index is 11.5. The molecule has 1 aliphatic heterocycles. The van der Waals surface area contributed by atoms with E-state index in [-0.39, 0.29) is 6.10 Å². The first-order valence-corrected chi connectivity index (χ1v) is 7.39. The second-order valence-electron chi connectivity index (χ2n) is 5.62. The van der Waals surface area contributed by atoms with Crippen molar-refractivity contribution in [3.8, 4) is 5.75 Å². The Kier molecular flexibility index (Phi) is 3.61. The lowest BCUT2D eigenvalue weighted by Crippen LogP contribution is -2.58. The Labute approximate surface area is 123 Å². The van der Waals surface area contributed by atoms with Crippen molar-refractivity contribution in [2.24, 2.45) is 0 Å². The van der Waals surface area contributed by atoms with Gasteiger partial charge in [-0.05, 0) is 43.9 Å². The van der Waals surface area contributed by atoms with Crippen LogP contribution in [0.1, 0.15) is 25.7 Å². The Morgan fingerprint density at radius 3 is 2.85 bits per heavy atom. The number of likely N-dealkylation sites (tertiary alicyclic amines) is 1. The van der Waals surface area contributed by atoms with E-state index in [1.54, 1.807) is 6.07 Å². The van der Waals surface area contributed by atoms with Crippen LogP contribution in [0, 0.1) is 0 Å². The summed E-state index contributed by atoms with van der Waals surface area (Å²) in [5.41, 5.74) is -0.632. The molecule has 1 saturated heterocycles. The van der Waals surface area contributed by atoms with Crippen molar-refractivity contribution in [2.75, 3.05) is 13.1 Å². The van der Waals surface area contributed by atoms with Crippen LogP contribution >= 0.6 is 11.6 Å². The molecule has 1 saturated carbocycles. The molecule has 0 amide bonds. The van der Waals surface area contributed by atoms with Gasteiger partial charge in [-0.1, -0.05) is 17.7 Å². The van der Waals surface area contributed by atoms with Crippen LogP contribution in [0.25, 0.3) is 0 Å². The van der Waals surface area contributed by atoms with Gasteiger partial charge in [-0.15, -0.1) is 0 Å². The van der Waals surface area contributed by atoms with E-state index in [4.69, 9.17) is 16.3 Å². The normalized spacial score (nSPS) is 25.1. The highest BCUT2D eigenvalue weighted by Gasteiger charge is 2.51. The highest BCUT2D eigenvalue weighted by Crippen LogP contribution is 2.40. The summed E-state index contributed by atoms with van der Waals surface area (Å²) in [6.45, 7) is 1.47. The minimum Gasteiger partial charge on any atom is -0.489 e. The summed E-state index contributed by atoms with van der Waals surface area (Å²) in [6.07, 6.45) is 3.42. The fourth-order valence-electron chi connectivity index (χ4n) is 3.12. The Morgan fingerprint density at radius 1 is 1.45 bits per heavy atom. The molecule has 0 bridgehead atoms. The Balaban J connectivity index is 1.64. The molecule has 1 aromatic rings. The maximum absolute atomic E-state index is 11.5. The molecule has 0 unspecified atom stereocenters. The number of halogens is 1. The lowest BCUT2D eigenvalue weighted by molar-refractivity contribution is -0.157. The van der Waals surface area contributed by atoms with Gasteiger partial charge in [-0.25, -0.2) is 0 Å². The number of carbonyl (C=O) groups is 1. The molecule has 3 rings (SSSR count). The zero-order chi connectivity index (χ0) is 14.2. The van der Waals surface area contributed by atoms with Gasteiger partial charge in [0.1, 0.15) is 17.4 Å². The number of hydrogen-bond donors (Lipinski definition) is 1. The van der Waals surface area contributed by atoms with Crippen LogP contribution in [0.2, 0.25) is 5.02 Å². The van der Waals surface area contributed by atoms with Gasteiger partial charge in [0.05, 0.1) is 0 Å². The van der Waals surface area contributed by atoms with E-state index >= 15 is 0 Å². The number of hydrogen-bond acceptors (Lipinski definition) is 3. The molecule has 1 N–H and O–H groups in total. The fraction of sp³-hybridized carbons (Fsp3) is 0.533. The predicted molar refractivity (Wildman–Crippen MR) is 76.3 cm³/mol. The number of rotatable bonds is 4. The van der Waals surface area contributed by atoms with Crippen LogP contribution in [0.15, 0.2) is 24.3 Å². The molecule has 0 radical (unpaired) electrons. The monoisotopic (exact) mass is 295 g/mol. The molecule has 108 valence electrons. The summed E-state index contributed by atoms with van der Waals surface area (Å²) in [4.78, 5) is 13.6. The Morgan fingerprint density at radius 2 is 2.25 bits per heavy atom. The largest absolute Gasteiger partial charge is 0.489 e. The summed E-state index contributed by atoms with van der Waals surface area (Å²) in [5, 5.41) is 10.1. The molecule has 1 atom stereocenters. The van der Waals surface area contributed by atoms with Crippen molar-refractivity contribution in [2.45, 2.75) is 37.3 Å². The standard InChI is InChI=1S/C15H18ClNO3/c16-11-3-1-4-12(9-11)20-13-5-8-17(10-13)15(14(18)19)6-2-7-15/h1,3-4,9,13H,2,5-8,10H2,(H,18,19)/t13-/m1/s1. The van der Waals surface area contributed by atoms with Crippen LogP contribution in [0.3, 0.4) is 0 Å². The molecule has 0 aromatic heterocycles. The zero-order valence-corrected chi connectivity index (χ0v) is 12.0. The first-order chi connectivity index (χ1) is 9.60. The number of ether oxygens (including phenoxy) is 1. The lowest BCUT2D eigenvalue weighted by atomic mass is 9.75. The highest BCUT2D eigenvalue weighted by molar-refractivity contribution is 6.30. The molecular formula is C15H18ClNO3. The molecule has 4 nitrogen and oxygen atoms in total. The van der Waals surface area contributed by atoms with E-state index in [0.717, 1.165) is 38.0 Å². The summed E-state index contributed by atoms with van der Waals surface area (Å²) in [7, 11) is 0. The van der Waals surface area contributed by atoms with Gasteiger partial charge < -0.3 is 9.84 Å². The predicted octanol–water partition coefficient (Wildman–Crippen LogP) is 2.80. The van der Waals surface area contributed by atoms with Crippen molar-refractivity contribution < 1.29 is 14.6 Å². The van der Waals surface area contributed by atoms with Gasteiger partial charge >= 0.3 is 5.97 Å². The second-order valence-corrected chi connectivity index (χ2v) is 6.06. The van der Waals surface area contributed by atoms with Gasteiger partial charge in [-0.2, -0.15) is 0 Å². The van der Waals surface area contributed by atoms with E-state index in [9.17, 15) is 9.90 Å². The van der Waals surface area contributed by atoms with Crippen molar-refractivity contribution in [3.63, 3.8) is 0 Å². The summed E-state index contributed by atoms with van der Waals surface area (Å²) < 4.78 is 5.91. The van der Waals surface area contributed by atoms with Gasteiger partial charge in [0.25, 0.3) is 0 Å². The van der Waals surface area contributed by atoms with Crippen LogP contribution in [-0.4, -0.2) is 40.7 Å². The van der Waals surface area contributed by atoms with Gasteiger partial charge in [0.2, 0.25) is 0 Å². The summed E-state index contributed by atoms with van der Waals surface area (Å²) in [5.74, 6) is 0.0643. The Hall–Kier alpha value is -1.26. The number of carboxylic acids is 1. The van der Waals surface area contributed by atoms with Gasteiger partial charge in [-0.3, -0.25) is 9.69 Å². The maximum Gasteiger partial charge on any atom is 0.324 e. The molecule has 2 aliphatic rings. The number of carboxylic acid groups (broad SMARTS) is 1. The smallest absolute Gasteiger partial charge is 0.324 e. The van der Waals surface area contributed by atoms with E-state index in [1.165, 1.54) is 0 Å². The third kappa shape index (κ3) is 2.38. The lowest BCUT2D eigenvalue weighted by Gasteiger charge is -2.44. The minimum absolute atomic E-state index is 0.0466. The molecule has 1 heterocycles. The van der Waals surface area contributed by atoms with E-state index in [0.29, 0.717) is 11.6 Å². The van der Waals surface area contributed by atoms with Crippen molar-refractivity contribution in [1.29, 1.82) is 0 Å². The topological polar surface area (TPSA) is 49.8 Å². The molecule has 0 spiro atoms. The highest BCUT2D eigenvalue weighted by atomic mass is 35.5. The van der Waals surface area contributed by atoms with Gasteiger partial charge in [0.15, 0.2) is 0 Å². The quantitative estimate of drug-likeness (QED) is 0.928. The first kappa shape index (κ1) is 13.7. The third-order valence-electron chi connectivity index (χ3n) is 4.43. The van der Waals surface area contributed by atoms with E-state index < -0.39 is 11.5 Å². The average molecular weight is 296 g/mol. The molecule has 2 fully saturated rings. The number of aliphatic carboxylic acids is 1. The Bertz CT molecular complexity index is 516. The average Bonchev–Trinajstić information content (AvgIpc) is 2.75. The van der Waals surface area contributed by atoms with E-state index in [2.05, 4.69) is 4.90 Å². The first-order valence-electron chi connectivity index (χ1n) is 7.01. The third-order valence-corrected chi connectivity index (χ3v) is 4.66. The van der Waals surface area contributed by atoms with Crippen molar-refractivity contribution >= 4 is 17.6 Å². The fourth-order valence-corrected chi connectivity index (χ4v) is 3.30. The molecular weight excluding hydrogens is 278 g/mol. The van der Waals surface area contributed by atoms with Crippen molar-refractivity contribution in [1.82, 2.24) is 4.90 Å². The van der Waals surface area contributed by atoms with E-state index in [1.807, 2.05) is 18.2 Å². The molecule has 5 heteroatoms. The van der Waals surface area contributed by atoms with Crippen LogP contribution in [0.4, 0.5) is 0 Å².